The van der Waals surface area contributed by atoms with Crippen LogP contribution in [0.2, 0.25) is 0 Å². The van der Waals surface area contributed by atoms with Crippen LogP contribution in [0.1, 0.15) is 37.4 Å². The van der Waals surface area contributed by atoms with Gasteiger partial charge in [0.1, 0.15) is 5.82 Å². The first kappa shape index (κ1) is 9.59. The number of rotatable bonds is 4. The van der Waals surface area contributed by atoms with Gasteiger partial charge in [0.15, 0.2) is 0 Å². The van der Waals surface area contributed by atoms with Gasteiger partial charge >= 0.3 is 0 Å². The molecule has 0 aromatic carbocycles. The second-order valence-corrected chi connectivity index (χ2v) is 4.00. The monoisotopic (exact) mass is 194 g/mol. The molecule has 1 aromatic heterocycles. The van der Waals surface area contributed by atoms with E-state index in [4.69, 9.17) is 5.73 Å². The van der Waals surface area contributed by atoms with E-state index in [9.17, 15) is 4.39 Å². The van der Waals surface area contributed by atoms with Crippen LogP contribution in [-0.2, 0) is 0 Å². The molecule has 2 nitrogen and oxygen atoms in total. The summed E-state index contributed by atoms with van der Waals surface area (Å²) in [6.07, 6.45) is 6.18. The number of aromatic nitrogens is 1. The highest BCUT2D eigenvalue weighted by atomic mass is 19.1. The summed E-state index contributed by atoms with van der Waals surface area (Å²) in [4.78, 5) is 3.98. The van der Waals surface area contributed by atoms with Crippen molar-refractivity contribution in [3.63, 3.8) is 0 Å². The van der Waals surface area contributed by atoms with Crippen molar-refractivity contribution in [2.24, 2.45) is 11.7 Å². The number of hydrogen-bond donors (Lipinski definition) is 1. The van der Waals surface area contributed by atoms with Crippen LogP contribution in [0.4, 0.5) is 4.39 Å². The smallest absolute Gasteiger partial charge is 0.146 e. The molecule has 0 spiro atoms. The summed E-state index contributed by atoms with van der Waals surface area (Å²) in [5.41, 5.74) is 6.28. The van der Waals surface area contributed by atoms with Crippen LogP contribution >= 0.6 is 0 Å². The van der Waals surface area contributed by atoms with Gasteiger partial charge in [-0.25, -0.2) is 4.39 Å². The zero-order valence-electron chi connectivity index (χ0n) is 8.12. The third-order valence-corrected chi connectivity index (χ3v) is 2.72. The lowest BCUT2D eigenvalue weighted by molar-refractivity contribution is 0.520. The lowest BCUT2D eigenvalue weighted by atomic mass is 10.1. The molecule has 76 valence electrons. The molecule has 14 heavy (non-hydrogen) atoms. The minimum Gasteiger partial charge on any atom is -0.323 e. The SMILES string of the molecule is NC(CCC1CC1)c1ncccc1F. The second-order valence-electron chi connectivity index (χ2n) is 4.00. The van der Waals surface area contributed by atoms with E-state index in [1.165, 1.54) is 18.9 Å². The molecule has 0 radical (unpaired) electrons. The Morgan fingerprint density at radius 1 is 1.57 bits per heavy atom. The summed E-state index contributed by atoms with van der Waals surface area (Å²) in [5, 5.41) is 0. The number of halogens is 1. The molecule has 1 atom stereocenters. The predicted octanol–water partition coefficient (Wildman–Crippen LogP) is 2.41. The highest BCUT2D eigenvalue weighted by Crippen LogP contribution is 2.35. The molecule has 1 unspecified atom stereocenters. The van der Waals surface area contributed by atoms with Gasteiger partial charge in [0, 0.05) is 12.2 Å². The third-order valence-electron chi connectivity index (χ3n) is 2.72. The van der Waals surface area contributed by atoms with Gasteiger partial charge in [-0.15, -0.1) is 0 Å². The van der Waals surface area contributed by atoms with Crippen molar-refractivity contribution in [2.45, 2.75) is 31.7 Å². The largest absolute Gasteiger partial charge is 0.323 e. The Kier molecular flexibility index (Phi) is 2.77. The Bertz CT molecular complexity index is 310. The van der Waals surface area contributed by atoms with Crippen molar-refractivity contribution in [1.82, 2.24) is 4.98 Å². The van der Waals surface area contributed by atoms with E-state index in [-0.39, 0.29) is 11.9 Å². The molecule has 1 saturated carbocycles. The van der Waals surface area contributed by atoms with E-state index in [0.717, 1.165) is 18.8 Å². The summed E-state index contributed by atoms with van der Waals surface area (Å²) in [5.74, 6) is 0.559. The van der Waals surface area contributed by atoms with E-state index in [1.54, 1.807) is 12.3 Å². The molecule has 1 aliphatic carbocycles. The summed E-state index contributed by atoms with van der Waals surface area (Å²) in [6, 6.07) is 2.77. The predicted molar refractivity (Wildman–Crippen MR) is 53.1 cm³/mol. The number of hydrogen-bond acceptors (Lipinski definition) is 2. The van der Waals surface area contributed by atoms with Gasteiger partial charge in [0.2, 0.25) is 0 Å². The first-order valence-electron chi connectivity index (χ1n) is 5.13. The summed E-state index contributed by atoms with van der Waals surface area (Å²) in [6.45, 7) is 0. The molecule has 0 saturated heterocycles. The average molecular weight is 194 g/mol. The number of nitrogens with zero attached hydrogens (tertiary/aromatic N) is 1. The van der Waals surface area contributed by atoms with Crippen molar-refractivity contribution in [3.05, 3.63) is 29.8 Å². The van der Waals surface area contributed by atoms with E-state index in [2.05, 4.69) is 4.98 Å². The Labute approximate surface area is 83.3 Å². The fourth-order valence-electron chi connectivity index (χ4n) is 1.63. The zero-order chi connectivity index (χ0) is 9.97. The van der Waals surface area contributed by atoms with Gasteiger partial charge in [-0.1, -0.05) is 12.8 Å². The molecule has 0 bridgehead atoms. The molecule has 0 aliphatic heterocycles. The maximum Gasteiger partial charge on any atom is 0.146 e. The quantitative estimate of drug-likeness (QED) is 0.799. The maximum atomic E-state index is 13.2. The zero-order valence-corrected chi connectivity index (χ0v) is 8.12. The molecule has 1 heterocycles. The van der Waals surface area contributed by atoms with Gasteiger partial charge in [0.05, 0.1) is 5.69 Å². The van der Waals surface area contributed by atoms with Gasteiger partial charge in [-0.3, -0.25) is 4.98 Å². The fourth-order valence-corrected chi connectivity index (χ4v) is 1.63. The van der Waals surface area contributed by atoms with Crippen molar-refractivity contribution < 1.29 is 4.39 Å². The topological polar surface area (TPSA) is 38.9 Å². The number of pyridine rings is 1. The molecule has 1 fully saturated rings. The molecule has 1 aromatic rings. The van der Waals surface area contributed by atoms with Crippen molar-refractivity contribution in [2.75, 3.05) is 0 Å². The molecular weight excluding hydrogens is 179 g/mol. The average Bonchev–Trinajstić information content (AvgIpc) is 2.98. The summed E-state index contributed by atoms with van der Waals surface area (Å²) in [7, 11) is 0. The van der Waals surface area contributed by atoms with Gasteiger partial charge in [-0.05, 0) is 30.9 Å². The highest BCUT2D eigenvalue weighted by molar-refractivity contribution is 5.11. The minimum absolute atomic E-state index is 0.239. The van der Waals surface area contributed by atoms with Crippen molar-refractivity contribution >= 4 is 0 Å². The Hall–Kier alpha value is -0.960. The Morgan fingerprint density at radius 2 is 2.36 bits per heavy atom. The van der Waals surface area contributed by atoms with Crippen LogP contribution in [0.5, 0.6) is 0 Å². The molecule has 2 N–H and O–H groups in total. The highest BCUT2D eigenvalue weighted by Gasteiger charge is 2.23. The lowest BCUT2D eigenvalue weighted by Gasteiger charge is -2.10. The standard InChI is InChI=1S/C11H15FN2/c12-9-2-1-7-14-11(9)10(13)6-5-8-3-4-8/h1-2,7-8,10H,3-6,13H2. The van der Waals surface area contributed by atoms with Gasteiger partial charge in [-0.2, -0.15) is 0 Å². The normalized spacial score (nSPS) is 18.1. The molecule has 3 heteroatoms. The minimum atomic E-state index is -0.282. The van der Waals surface area contributed by atoms with E-state index in [1.807, 2.05) is 0 Å². The maximum absolute atomic E-state index is 13.2. The van der Waals surface area contributed by atoms with E-state index >= 15 is 0 Å². The third kappa shape index (κ3) is 2.29. The Morgan fingerprint density at radius 3 is 3.00 bits per heavy atom. The van der Waals surface area contributed by atoms with E-state index < -0.39 is 0 Å². The van der Waals surface area contributed by atoms with Crippen LogP contribution in [0.15, 0.2) is 18.3 Å². The molecule has 1 aliphatic rings. The number of nitrogens with two attached hydrogens (primary N) is 1. The van der Waals surface area contributed by atoms with Crippen molar-refractivity contribution in [3.8, 4) is 0 Å². The van der Waals surface area contributed by atoms with Crippen LogP contribution in [0.25, 0.3) is 0 Å². The lowest BCUT2D eigenvalue weighted by Crippen LogP contribution is -2.14. The van der Waals surface area contributed by atoms with Gasteiger partial charge in [0.25, 0.3) is 0 Å². The van der Waals surface area contributed by atoms with Crippen LogP contribution in [0, 0.1) is 11.7 Å². The van der Waals surface area contributed by atoms with Gasteiger partial charge < -0.3 is 5.73 Å². The van der Waals surface area contributed by atoms with Crippen molar-refractivity contribution in [1.29, 1.82) is 0 Å². The second kappa shape index (κ2) is 4.05. The summed E-state index contributed by atoms with van der Waals surface area (Å²) < 4.78 is 13.2. The summed E-state index contributed by atoms with van der Waals surface area (Å²) >= 11 is 0. The van der Waals surface area contributed by atoms with Crippen LogP contribution in [-0.4, -0.2) is 4.98 Å². The molecule has 2 rings (SSSR count). The molecule has 0 amide bonds. The Balaban J connectivity index is 1.95. The van der Waals surface area contributed by atoms with E-state index in [0.29, 0.717) is 5.69 Å². The fraction of sp³-hybridized carbons (Fsp3) is 0.545. The molecular formula is C11H15FN2. The first-order chi connectivity index (χ1) is 6.77. The van der Waals surface area contributed by atoms with Crippen LogP contribution < -0.4 is 5.73 Å². The van der Waals surface area contributed by atoms with Crippen LogP contribution in [0.3, 0.4) is 0 Å². The first-order valence-corrected chi connectivity index (χ1v) is 5.13.